The number of nitrogens with zero attached hydrogens (tertiary/aromatic N) is 8. The number of nitrogens with one attached hydrogen (secondary N) is 2. The fourth-order valence-electron chi connectivity index (χ4n) is 5.27. The third-order valence-electron chi connectivity index (χ3n) is 7.40. The van der Waals surface area contributed by atoms with Crippen molar-refractivity contribution >= 4 is 44.7 Å². The summed E-state index contributed by atoms with van der Waals surface area (Å²) in [5.41, 5.74) is 3.53. The standard InChI is InChI=1S/2C16H17N5S/c2*1-2-4-11(5-3-7-17)16-19-9-13(22-16)14-12-6-8-18-15(12)21-10-20-14/h2*6,8-11H,2-5H2,1H3,(H,18,20,21)/t2*11-/m10/s1. The van der Waals surface area contributed by atoms with Gasteiger partial charge in [-0.15, -0.1) is 22.7 Å². The molecule has 12 heteroatoms. The van der Waals surface area contributed by atoms with E-state index in [1.807, 2.05) is 36.9 Å². The van der Waals surface area contributed by atoms with Gasteiger partial charge in [-0.2, -0.15) is 10.5 Å². The zero-order chi connectivity index (χ0) is 30.7. The van der Waals surface area contributed by atoms with Gasteiger partial charge < -0.3 is 9.97 Å². The second-order valence-corrected chi connectivity index (χ2v) is 12.5. The molecule has 0 saturated carbocycles. The molecule has 2 N–H and O–H groups in total. The molecule has 0 aliphatic heterocycles. The normalized spacial score (nSPS) is 12.4. The molecule has 0 aliphatic carbocycles. The maximum atomic E-state index is 8.82. The maximum absolute atomic E-state index is 8.82. The first-order chi connectivity index (χ1) is 21.7. The average molecular weight is 623 g/mol. The number of hydrogen-bond donors (Lipinski definition) is 2. The molecule has 0 radical (unpaired) electrons. The lowest BCUT2D eigenvalue weighted by Crippen LogP contribution is -1.97. The smallest absolute Gasteiger partial charge is 0.141 e. The Morgan fingerprint density at radius 3 is 1.52 bits per heavy atom. The monoisotopic (exact) mass is 622 g/mol. The molecular weight excluding hydrogens is 589 g/mol. The number of hydrogen-bond acceptors (Lipinski definition) is 10. The first-order valence-electron chi connectivity index (χ1n) is 14.9. The van der Waals surface area contributed by atoms with Crippen LogP contribution in [0.2, 0.25) is 0 Å². The minimum atomic E-state index is 0.368. The van der Waals surface area contributed by atoms with Crippen LogP contribution < -0.4 is 0 Å². The first-order valence-corrected chi connectivity index (χ1v) is 16.5. The van der Waals surface area contributed by atoms with Gasteiger partial charge in [-0.05, 0) is 37.8 Å². The third-order valence-corrected chi connectivity index (χ3v) is 9.74. The molecule has 6 aromatic rings. The SMILES string of the molecule is CCC[C@@H](CCC#N)c1ncc(-c2ncnc3[nH]ccc23)s1.CCC[C@H](CCC#N)c1ncc(-c2ncnc3[nH]ccc23)s1. The summed E-state index contributed by atoms with van der Waals surface area (Å²) < 4.78 is 0. The summed E-state index contributed by atoms with van der Waals surface area (Å²) in [6, 6.07) is 8.45. The molecule has 6 rings (SSSR count). The molecule has 224 valence electrons. The number of nitriles is 2. The highest BCUT2D eigenvalue weighted by molar-refractivity contribution is 7.15. The van der Waals surface area contributed by atoms with Gasteiger partial charge in [-0.25, -0.2) is 29.9 Å². The van der Waals surface area contributed by atoms with Gasteiger partial charge >= 0.3 is 0 Å². The molecule has 0 aromatic carbocycles. The summed E-state index contributed by atoms with van der Waals surface area (Å²) in [7, 11) is 0. The van der Waals surface area contributed by atoms with Crippen molar-refractivity contribution in [3.8, 4) is 33.3 Å². The zero-order valence-corrected chi connectivity index (χ0v) is 26.5. The summed E-state index contributed by atoms with van der Waals surface area (Å²) in [5.74, 6) is 0.735. The lowest BCUT2D eigenvalue weighted by molar-refractivity contribution is 0.573. The van der Waals surface area contributed by atoms with Gasteiger partial charge in [0.25, 0.3) is 0 Å². The van der Waals surface area contributed by atoms with Crippen molar-refractivity contribution in [3.63, 3.8) is 0 Å². The zero-order valence-electron chi connectivity index (χ0n) is 24.8. The Morgan fingerprint density at radius 2 is 1.11 bits per heavy atom. The van der Waals surface area contributed by atoms with Crippen molar-refractivity contribution in [1.82, 2.24) is 39.9 Å². The van der Waals surface area contributed by atoms with E-state index in [4.69, 9.17) is 10.5 Å². The van der Waals surface area contributed by atoms with Gasteiger partial charge in [0.05, 0.1) is 43.3 Å². The molecule has 6 heterocycles. The number of fused-ring (bicyclic) bond motifs is 2. The summed E-state index contributed by atoms with van der Waals surface area (Å²) in [5, 5.41) is 21.9. The van der Waals surface area contributed by atoms with E-state index in [0.29, 0.717) is 24.7 Å². The summed E-state index contributed by atoms with van der Waals surface area (Å²) in [4.78, 5) is 34.8. The molecule has 6 aromatic heterocycles. The molecular formula is C32H34N10S2. The second-order valence-electron chi connectivity index (χ2n) is 10.4. The van der Waals surface area contributed by atoms with E-state index in [2.05, 4.69) is 65.9 Å². The van der Waals surface area contributed by atoms with Crippen LogP contribution in [0.1, 0.15) is 87.1 Å². The van der Waals surface area contributed by atoms with Crippen molar-refractivity contribution in [2.24, 2.45) is 0 Å². The van der Waals surface area contributed by atoms with Gasteiger partial charge in [0, 0.05) is 60.2 Å². The molecule has 0 bridgehead atoms. The van der Waals surface area contributed by atoms with Crippen LogP contribution in [0.15, 0.2) is 49.6 Å². The summed E-state index contributed by atoms with van der Waals surface area (Å²) >= 11 is 3.36. The van der Waals surface area contributed by atoms with E-state index in [0.717, 1.165) is 91.7 Å². The van der Waals surface area contributed by atoms with Crippen molar-refractivity contribution < 1.29 is 0 Å². The van der Waals surface area contributed by atoms with Gasteiger partial charge in [0.2, 0.25) is 0 Å². The molecule has 0 spiro atoms. The number of rotatable bonds is 12. The van der Waals surface area contributed by atoms with Crippen LogP contribution in [0.3, 0.4) is 0 Å². The van der Waals surface area contributed by atoms with E-state index in [-0.39, 0.29) is 0 Å². The highest BCUT2D eigenvalue weighted by Gasteiger charge is 2.18. The van der Waals surface area contributed by atoms with Crippen molar-refractivity contribution in [2.45, 2.75) is 77.0 Å². The lowest BCUT2D eigenvalue weighted by Gasteiger charge is -2.10. The van der Waals surface area contributed by atoms with Crippen molar-refractivity contribution in [1.29, 1.82) is 10.5 Å². The molecule has 0 aliphatic rings. The number of aromatic nitrogens is 8. The van der Waals surface area contributed by atoms with E-state index >= 15 is 0 Å². The molecule has 0 saturated heterocycles. The average Bonchev–Trinajstić information content (AvgIpc) is 3.87. The van der Waals surface area contributed by atoms with E-state index in [9.17, 15) is 0 Å². The maximum Gasteiger partial charge on any atom is 0.141 e. The summed E-state index contributed by atoms with van der Waals surface area (Å²) in [6.07, 6.45) is 17.9. The van der Waals surface area contributed by atoms with Crippen molar-refractivity contribution in [2.75, 3.05) is 0 Å². The number of aromatic amines is 2. The summed E-state index contributed by atoms with van der Waals surface area (Å²) in [6.45, 7) is 4.34. The van der Waals surface area contributed by atoms with E-state index in [1.165, 1.54) is 0 Å². The van der Waals surface area contributed by atoms with Gasteiger partial charge in [-0.1, -0.05) is 26.7 Å². The van der Waals surface area contributed by atoms with Crippen molar-refractivity contribution in [3.05, 3.63) is 59.6 Å². The predicted octanol–water partition coefficient (Wildman–Crippen LogP) is 8.54. The highest BCUT2D eigenvalue weighted by atomic mass is 32.1. The van der Waals surface area contributed by atoms with Gasteiger partial charge in [-0.3, -0.25) is 0 Å². The quantitative estimate of drug-likeness (QED) is 0.137. The van der Waals surface area contributed by atoms with Crippen LogP contribution in [0.25, 0.3) is 43.2 Å². The number of thiazole rings is 2. The fraction of sp³-hybridized carbons (Fsp3) is 0.375. The third kappa shape index (κ3) is 7.16. The Hall–Kier alpha value is -4.52. The minimum Gasteiger partial charge on any atom is -0.346 e. The topological polar surface area (TPSA) is 156 Å². The van der Waals surface area contributed by atoms with Crippen LogP contribution >= 0.6 is 22.7 Å². The Kier molecular flexibility index (Phi) is 10.7. The van der Waals surface area contributed by atoms with Gasteiger partial charge in [0.15, 0.2) is 0 Å². The predicted molar refractivity (Wildman–Crippen MR) is 175 cm³/mol. The van der Waals surface area contributed by atoms with Crippen LogP contribution in [0.4, 0.5) is 0 Å². The minimum absolute atomic E-state index is 0.368. The van der Waals surface area contributed by atoms with E-state index < -0.39 is 0 Å². The van der Waals surface area contributed by atoms with Crippen LogP contribution in [-0.4, -0.2) is 39.9 Å². The molecule has 10 nitrogen and oxygen atoms in total. The molecule has 0 amide bonds. The molecule has 2 atom stereocenters. The second kappa shape index (κ2) is 15.3. The lowest BCUT2D eigenvalue weighted by atomic mass is 9.99. The molecule has 0 fully saturated rings. The van der Waals surface area contributed by atoms with Crippen LogP contribution in [0, 0.1) is 22.7 Å². The highest BCUT2D eigenvalue weighted by Crippen LogP contribution is 2.37. The Bertz CT molecular complexity index is 1730. The Labute approximate surface area is 264 Å². The Balaban J connectivity index is 0.000000175. The number of H-pyrrole nitrogens is 2. The first kappa shape index (κ1) is 30.9. The van der Waals surface area contributed by atoms with Crippen LogP contribution in [0.5, 0.6) is 0 Å². The van der Waals surface area contributed by atoms with E-state index in [1.54, 1.807) is 35.3 Å². The Morgan fingerprint density at radius 1 is 0.659 bits per heavy atom. The molecule has 44 heavy (non-hydrogen) atoms. The van der Waals surface area contributed by atoms with Gasteiger partial charge in [0.1, 0.15) is 23.9 Å². The molecule has 0 unspecified atom stereocenters. The fourth-order valence-corrected chi connectivity index (χ4v) is 7.46. The van der Waals surface area contributed by atoms with Crippen LogP contribution in [-0.2, 0) is 0 Å². The largest absolute Gasteiger partial charge is 0.346 e.